The summed E-state index contributed by atoms with van der Waals surface area (Å²) in [4.78, 5) is 25.1. The molecular weight excluding hydrogens is 468 g/mol. The van der Waals surface area contributed by atoms with Crippen LogP contribution < -0.4 is 5.14 Å². The van der Waals surface area contributed by atoms with E-state index in [1.165, 1.54) is 25.5 Å². The Kier molecular flexibility index (Phi) is 5.86. The number of halogens is 2. The molecule has 0 aliphatic carbocycles. The summed E-state index contributed by atoms with van der Waals surface area (Å²) in [6, 6.07) is 5.09. The zero-order valence-electron chi connectivity index (χ0n) is 17.5. The highest BCUT2D eigenvalue weighted by molar-refractivity contribution is 7.89. The number of nitrogens with one attached hydrogen (secondary N) is 1. The van der Waals surface area contributed by atoms with Gasteiger partial charge in [-0.05, 0) is 24.6 Å². The highest BCUT2D eigenvalue weighted by atomic mass is 32.2. The minimum Gasteiger partial charge on any atom is -0.287 e. The molecule has 0 radical (unpaired) electrons. The van der Waals surface area contributed by atoms with E-state index in [0.717, 1.165) is 12.1 Å². The van der Waals surface area contributed by atoms with Crippen molar-refractivity contribution in [2.75, 3.05) is 0 Å². The standard InChI is InChI=1S/C21H15F2N7O3S/c1-2-15(34(25,32)33)17-14(22)4-3-12(18(17)23)20(31)19-13-5-10(7-28-21(13)30-29-19)11-8-26-16(6-24)27-9-11/h3-5,7-9,15H,2H2,1H3,(H2,25,32,33)(H,28,29,30). The average Bonchev–Trinajstić information content (AvgIpc) is 3.24. The Bertz CT molecular complexity index is 1580. The Hall–Kier alpha value is -4.15. The number of nitriles is 1. The van der Waals surface area contributed by atoms with Crippen molar-refractivity contribution in [1.29, 1.82) is 5.26 Å². The van der Waals surface area contributed by atoms with Crippen LogP contribution in [-0.2, 0) is 10.0 Å². The largest absolute Gasteiger partial charge is 0.287 e. The molecule has 172 valence electrons. The number of benzene rings is 1. The number of pyridine rings is 1. The Morgan fingerprint density at radius 3 is 2.47 bits per heavy atom. The maximum absolute atomic E-state index is 15.3. The monoisotopic (exact) mass is 483 g/mol. The van der Waals surface area contributed by atoms with Gasteiger partial charge in [-0.1, -0.05) is 6.92 Å². The second-order valence-corrected chi connectivity index (χ2v) is 8.99. The van der Waals surface area contributed by atoms with Gasteiger partial charge in [0.2, 0.25) is 21.6 Å². The molecule has 1 unspecified atom stereocenters. The summed E-state index contributed by atoms with van der Waals surface area (Å²) < 4.78 is 53.4. The zero-order chi connectivity index (χ0) is 24.6. The summed E-state index contributed by atoms with van der Waals surface area (Å²) in [6.07, 6.45) is 4.06. The van der Waals surface area contributed by atoms with E-state index in [1.807, 2.05) is 0 Å². The van der Waals surface area contributed by atoms with Crippen molar-refractivity contribution in [3.05, 3.63) is 71.1 Å². The van der Waals surface area contributed by atoms with Crippen LogP contribution in [0.1, 0.15) is 46.0 Å². The van der Waals surface area contributed by atoms with Crippen LogP contribution in [0.25, 0.3) is 22.2 Å². The van der Waals surface area contributed by atoms with Crippen molar-refractivity contribution >= 4 is 26.8 Å². The van der Waals surface area contributed by atoms with Gasteiger partial charge in [0, 0.05) is 35.3 Å². The SMILES string of the molecule is CCC(c1c(F)ccc(C(=O)c2[nH]nc3ncc(-c4cnc(C#N)nc4)cc23)c1F)S(N)(=O)=O. The van der Waals surface area contributed by atoms with E-state index in [9.17, 15) is 17.6 Å². The number of rotatable bonds is 6. The van der Waals surface area contributed by atoms with Gasteiger partial charge in [-0.15, -0.1) is 0 Å². The van der Waals surface area contributed by atoms with Gasteiger partial charge < -0.3 is 0 Å². The van der Waals surface area contributed by atoms with E-state index in [2.05, 4.69) is 25.1 Å². The number of aromatic nitrogens is 5. The van der Waals surface area contributed by atoms with Crippen molar-refractivity contribution in [3.8, 4) is 17.2 Å². The Labute approximate surface area is 191 Å². The Morgan fingerprint density at radius 1 is 1.18 bits per heavy atom. The van der Waals surface area contributed by atoms with Gasteiger partial charge in [-0.3, -0.25) is 9.89 Å². The molecule has 0 amide bonds. The fourth-order valence-corrected chi connectivity index (χ4v) is 4.55. The smallest absolute Gasteiger partial charge is 0.232 e. The van der Waals surface area contributed by atoms with Gasteiger partial charge in [-0.25, -0.2) is 37.3 Å². The molecule has 1 atom stereocenters. The van der Waals surface area contributed by atoms with Crippen LogP contribution in [0, 0.1) is 23.0 Å². The minimum absolute atomic E-state index is 0.0237. The lowest BCUT2D eigenvalue weighted by Gasteiger charge is -2.16. The number of hydrogen-bond donors (Lipinski definition) is 2. The first-order valence-electron chi connectivity index (χ1n) is 9.76. The average molecular weight is 483 g/mol. The Balaban J connectivity index is 1.82. The predicted octanol–water partition coefficient (Wildman–Crippen LogP) is 2.54. The van der Waals surface area contributed by atoms with Crippen molar-refractivity contribution in [2.45, 2.75) is 18.6 Å². The molecule has 13 heteroatoms. The Morgan fingerprint density at radius 2 is 1.85 bits per heavy atom. The second kappa shape index (κ2) is 8.65. The van der Waals surface area contributed by atoms with Crippen LogP contribution in [0.2, 0.25) is 0 Å². The summed E-state index contributed by atoms with van der Waals surface area (Å²) in [5.74, 6) is -3.36. The molecule has 0 aliphatic rings. The summed E-state index contributed by atoms with van der Waals surface area (Å²) >= 11 is 0. The first-order valence-corrected chi connectivity index (χ1v) is 11.4. The van der Waals surface area contributed by atoms with E-state index >= 15 is 4.39 Å². The van der Waals surface area contributed by atoms with Crippen molar-refractivity contribution in [2.24, 2.45) is 5.14 Å². The first kappa shape index (κ1) is 23.0. The van der Waals surface area contributed by atoms with E-state index in [-0.39, 0.29) is 29.0 Å². The molecule has 0 spiro atoms. The number of ketones is 1. The van der Waals surface area contributed by atoms with Crippen molar-refractivity contribution < 1.29 is 22.0 Å². The number of carbonyl (C=O) groups is 1. The third-order valence-electron chi connectivity index (χ3n) is 5.18. The topological polar surface area (TPSA) is 168 Å². The number of nitrogens with two attached hydrogens (primary N) is 1. The van der Waals surface area contributed by atoms with E-state index in [4.69, 9.17) is 10.4 Å². The van der Waals surface area contributed by atoms with E-state index < -0.39 is 43.8 Å². The fraction of sp³-hybridized carbons (Fsp3) is 0.143. The number of H-pyrrole nitrogens is 1. The van der Waals surface area contributed by atoms with Crippen LogP contribution in [0.4, 0.5) is 8.78 Å². The lowest BCUT2D eigenvalue weighted by atomic mass is 9.99. The van der Waals surface area contributed by atoms with Crippen molar-refractivity contribution in [3.63, 3.8) is 0 Å². The van der Waals surface area contributed by atoms with Gasteiger partial charge in [0.1, 0.15) is 28.6 Å². The number of carbonyl (C=O) groups excluding carboxylic acids is 1. The summed E-state index contributed by atoms with van der Waals surface area (Å²) in [7, 11) is -4.34. The maximum Gasteiger partial charge on any atom is 0.232 e. The molecule has 10 nitrogen and oxygen atoms in total. The molecule has 3 heterocycles. The third kappa shape index (κ3) is 4.00. The van der Waals surface area contributed by atoms with Crippen molar-refractivity contribution in [1.82, 2.24) is 25.1 Å². The zero-order valence-corrected chi connectivity index (χ0v) is 18.3. The normalized spacial score (nSPS) is 12.4. The molecule has 34 heavy (non-hydrogen) atoms. The van der Waals surface area contributed by atoms with Crippen LogP contribution >= 0.6 is 0 Å². The molecule has 0 fully saturated rings. The lowest BCUT2D eigenvalue weighted by molar-refractivity contribution is 0.103. The minimum atomic E-state index is -4.34. The molecule has 0 saturated carbocycles. The number of sulfonamides is 1. The number of aromatic amines is 1. The molecule has 4 aromatic rings. The first-order chi connectivity index (χ1) is 16.2. The number of primary sulfonamides is 1. The summed E-state index contributed by atoms with van der Waals surface area (Å²) in [5.41, 5.74) is -0.348. The maximum atomic E-state index is 15.3. The molecule has 0 saturated heterocycles. The number of fused-ring (bicyclic) bond motifs is 1. The van der Waals surface area contributed by atoms with E-state index in [0.29, 0.717) is 11.1 Å². The molecular formula is C21H15F2N7O3S. The summed E-state index contributed by atoms with van der Waals surface area (Å²) in [6.45, 7) is 1.41. The van der Waals surface area contributed by atoms with Gasteiger partial charge in [0.25, 0.3) is 0 Å². The van der Waals surface area contributed by atoms with Crippen LogP contribution in [0.5, 0.6) is 0 Å². The highest BCUT2D eigenvalue weighted by Gasteiger charge is 2.31. The lowest BCUT2D eigenvalue weighted by Crippen LogP contribution is -2.24. The third-order valence-corrected chi connectivity index (χ3v) is 6.54. The molecule has 3 N–H and O–H groups in total. The summed E-state index contributed by atoms with van der Waals surface area (Å²) in [5, 5.41) is 19.0. The molecule has 1 aromatic carbocycles. The van der Waals surface area contributed by atoms with Gasteiger partial charge in [0.05, 0.1) is 10.9 Å². The fourth-order valence-electron chi connectivity index (χ4n) is 3.54. The van der Waals surface area contributed by atoms with Gasteiger partial charge >= 0.3 is 0 Å². The molecule has 4 rings (SSSR count). The van der Waals surface area contributed by atoms with E-state index in [1.54, 1.807) is 12.1 Å². The molecule has 0 bridgehead atoms. The second-order valence-electron chi connectivity index (χ2n) is 7.24. The van der Waals surface area contributed by atoms with Crippen LogP contribution in [-0.4, -0.2) is 39.4 Å². The number of nitrogens with zero attached hydrogens (tertiary/aromatic N) is 5. The van der Waals surface area contributed by atoms with Crippen LogP contribution in [0.15, 0.2) is 36.8 Å². The predicted molar refractivity (Wildman–Crippen MR) is 116 cm³/mol. The highest BCUT2D eigenvalue weighted by Crippen LogP contribution is 2.32. The quantitative estimate of drug-likeness (QED) is 0.394. The molecule has 0 aliphatic heterocycles. The van der Waals surface area contributed by atoms with Gasteiger partial charge in [0.15, 0.2) is 5.65 Å². The van der Waals surface area contributed by atoms with Crippen LogP contribution in [0.3, 0.4) is 0 Å². The number of hydrogen-bond acceptors (Lipinski definition) is 8. The van der Waals surface area contributed by atoms with Gasteiger partial charge in [-0.2, -0.15) is 10.4 Å². The molecule has 3 aromatic heterocycles.